The van der Waals surface area contributed by atoms with Crippen molar-refractivity contribution in [3.63, 3.8) is 0 Å². The molecule has 0 N–H and O–H groups in total. The fourth-order valence-electron chi connectivity index (χ4n) is 2.76. The van der Waals surface area contributed by atoms with E-state index < -0.39 is 0 Å². The minimum atomic E-state index is 0.458. The second-order valence-corrected chi connectivity index (χ2v) is 10.1. The van der Waals surface area contributed by atoms with Crippen LogP contribution in [0.2, 0.25) is 0 Å². The van der Waals surface area contributed by atoms with Crippen molar-refractivity contribution in [1.82, 2.24) is 4.90 Å². The van der Waals surface area contributed by atoms with E-state index in [4.69, 9.17) is 0 Å². The number of hydrogen-bond acceptors (Lipinski definition) is 1. The molecular weight excluding hydrogens is 273 g/mol. The topological polar surface area (TPSA) is 3.24 Å². The van der Waals surface area contributed by atoms with Gasteiger partial charge in [0.2, 0.25) is 0 Å². The van der Waals surface area contributed by atoms with E-state index in [0.717, 1.165) is 4.05 Å². The predicted molar refractivity (Wildman–Crippen MR) is 52.2 cm³/mol. The second kappa shape index (κ2) is 3.09. The molecule has 0 spiro atoms. The fourth-order valence-corrected chi connectivity index (χ4v) is 8.17. The summed E-state index contributed by atoms with van der Waals surface area (Å²) in [5.74, 6) is 0. The Morgan fingerprint density at radius 2 is 2.15 bits per heavy atom. The van der Waals surface area contributed by atoms with Crippen molar-refractivity contribution in [2.24, 2.45) is 5.41 Å². The van der Waals surface area contributed by atoms with Crippen molar-refractivity contribution >= 4 is 0 Å². The molecule has 1 nitrogen and oxygen atoms in total. The second-order valence-electron chi connectivity index (χ2n) is 5.76. The van der Waals surface area contributed by atoms with E-state index >= 15 is 0 Å². The van der Waals surface area contributed by atoms with Gasteiger partial charge in [0.15, 0.2) is 0 Å². The minimum absolute atomic E-state index is 0.458. The fraction of sp³-hybridized carbons (Fsp3) is 1.00. The molecule has 78 valence electrons. The van der Waals surface area contributed by atoms with Crippen LogP contribution in [0, 0.1) is 5.41 Å². The van der Waals surface area contributed by atoms with Gasteiger partial charge in [-0.1, -0.05) is 0 Å². The molecule has 2 fully saturated rings. The molecule has 0 aromatic rings. The summed E-state index contributed by atoms with van der Waals surface area (Å²) in [5.41, 5.74) is 0.516. The molecule has 2 saturated heterocycles. The van der Waals surface area contributed by atoms with E-state index in [1.54, 1.807) is 0 Å². The first-order valence-electron chi connectivity index (χ1n) is 5.32. The Hall–Kier alpha value is 0.690. The quantitative estimate of drug-likeness (QED) is 0.363. The first kappa shape index (κ1) is 10.2. The normalized spacial score (nSPS) is 40.8. The third-order valence-corrected chi connectivity index (χ3v) is 7.35. The van der Waals surface area contributed by atoms with E-state index in [1.165, 1.54) is 25.8 Å². The summed E-state index contributed by atoms with van der Waals surface area (Å²) < 4.78 is 1.71. The van der Waals surface area contributed by atoms with Crippen LogP contribution in [0.3, 0.4) is 0 Å². The van der Waals surface area contributed by atoms with Gasteiger partial charge in [0.1, 0.15) is 0 Å². The van der Waals surface area contributed by atoms with Crippen LogP contribution in [0.1, 0.15) is 47.0 Å². The molecule has 2 rings (SSSR count). The molecule has 0 aromatic heterocycles. The van der Waals surface area contributed by atoms with Gasteiger partial charge in [0.25, 0.3) is 0 Å². The van der Waals surface area contributed by atoms with Crippen molar-refractivity contribution in [2.45, 2.75) is 54.6 Å². The molecule has 2 unspecified atom stereocenters. The van der Waals surface area contributed by atoms with Gasteiger partial charge in [-0.25, -0.2) is 0 Å². The van der Waals surface area contributed by atoms with E-state index in [0.29, 0.717) is 30.2 Å². The van der Waals surface area contributed by atoms with Gasteiger partial charge in [-0.2, -0.15) is 0 Å². The van der Waals surface area contributed by atoms with Crippen molar-refractivity contribution < 1.29 is 21.2 Å². The van der Waals surface area contributed by atoms with Gasteiger partial charge >= 0.3 is 92.6 Å². The predicted octanol–water partition coefficient (Wildman–Crippen LogP) is -0.337. The van der Waals surface area contributed by atoms with Crippen LogP contribution in [-0.4, -0.2) is 19.0 Å². The first-order valence-corrected chi connectivity index (χ1v) is 7.64. The Labute approximate surface area is 92.5 Å². The standard InChI is InChI=1S/C11H21IN/c1-10(2,3)8-11(4)12-9-6-5-7-13(9)11/h9H,5-8H2,1-4H3/q-1. The van der Waals surface area contributed by atoms with E-state index in [-0.39, 0.29) is 0 Å². The number of nitrogens with zero attached hydrogens (tertiary/aromatic N) is 1. The van der Waals surface area contributed by atoms with Crippen LogP contribution in [0.15, 0.2) is 0 Å². The SMILES string of the molecule is CC(C)(C)CC1(C)[I-]C2CCCN21. The van der Waals surface area contributed by atoms with Gasteiger partial charge in [0.05, 0.1) is 0 Å². The summed E-state index contributed by atoms with van der Waals surface area (Å²) in [6.45, 7) is 11.0. The van der Waals surface area contributed by atoms with E-state index in [2.05, 4.69) is 32.6 Å². The molecule has 2 aliphatic rings. The molecule has 0 radical (unpaired) electrons. The van der Waals surface area contributed by atoms with Crippen molar-refractivity contribution in [3.8, 4) is 0 Å². The molecule has 13 heavy (non-hydrogen) atoms. The monoisotopic (exact) mass is 294 g/mol. The van der Waals surface area contributed by atoms with Gasteiger partial charge in [-0.15, -0.1) is 0 Å². The van der Waals surface area contributed by atoms with Crippen LogP contribution < -0.4 is 21.2 Å². The molecule has 0 bridgehead atoms. The number of alkyl halides is 2. The Kier molecular flexibility index (Phi) is 2.43. The Bertz CT molecular complexity index is 209. The Balaban J connectivity index is 1.99. The van der Waals surface area contributed by atoms with Crippen LogP contribution >= 0.6 is 0 Å². The van der Waals surface area contributed by atoms with Crippen LogP contribution in [-0.2, 0) is 0 Å². The Morgan fingerprint density at radius 1 is 1.46 bits per heavy atom. The van der Waals surface area contributed by atoms with Gasteiger partial charge < -0.3 is 0 Å². The summed E-state index contributed by atoms with van der Waals surface area (Å²) in [5, 5.41) is 0. The average Bonchev–Trinajstić information content (AvgIpc) is 2.27. The molecule has 2 heterocycles. The molecule has 2 atom stereocenters. The molecule has 0 saturated carbocycles. The molecule has 0 aromatic carbocycles. The van der Waals surface area contributed by atoms with Gasteiger partial charge in [-0.05, 0) is 0 Å². The number of fused-ring (bicyclic) bond motifs is 1. The maximum atomic E-state index is 2.80. The van der Waals surface area contributed by atoms with Crippen molar-refractivity contribution in [1.29, 1.82) is 0 Å². The molecule has 2 aliphatic heterocycles. The van der Waals surface area contributed by atoms with Crippen molar-refractivity contribution in [2.75, 3.05) is 6.54 Å². The average molecular weight is 294 g/mol. The summed E-state index contributed by atoms with van der Waals surface area (Å²) in [6, 6.07) is 0. The number of hydrogen-bond donors (Lipinski definition) is 0. The van der Waals surface area contributed by atoms with Gasteiger partial charge in [0, 0.05) is 0 Å². The first-order chi connectivity index (χ1) is 5.91. The zero-order valence-corrected chi connectivity index (χ0v) is 11.4. The molecule has 0 aliphatic carbocycles. The number of halogens is 1. The zero-order chi connectivity index (χ0) is 9.69. The zero-order valence-electron chi connectivity index (χ0n) is 9.23. The molecule has 0 amide bonds. The Morgan fingerprint density at radius 3 is 2.69 bits per heavy atom. The van der Waals surface area contributed by atoms with Crippen LogP contribution in [0.5, 0.6) is 0 Å². The van der Waals surface area contributed by atoms with Crippen LogP contribution in [0.25, 0.3) is 0 Å². The number of rotatable bonds is 1. The summed E-state index contributed by atoms with van der Waals surface area (Å²) >= 11 is 0.458. The van der Waals surface area contributed by atoms with Crippen LogP contribution in [0.4, 0.5) is 0 Å². The third-order valence-electron chi connectivity index (χ3n) is 2.99. The summed E-state index contributed by atoms with van der Waals surface area (Å²) in [7, 11) is 0. The van der Waals surface area contributed by atoms with E-state index in [1.807, 2.05) is 0 Å². The van der Waals surface area contributed by atoms with Crippen molar-refractivity contribution in [3.05, 3.63) is 0 Å². The summed E-state index contributed by atoms with van der Waals surface area (Å²) in [4.78, 5) is 2.80. The molecular formula is C11H21IN-. The third kappa shape index (κ3) is 1.89. The maximum absolute atomic E-state index is 2.80. The summed E-state index contributed by atoms with van der Waals surface area (Å²) in [6.07, 6.45) is 4.38. The van der Waals surface area contributed by atoms with E-state index in [9.17, 15) is 0 Å². The van der Waals surface area contributed by atoms with Gasteiger partial charge in [-0.3, -0.25) is 0 Å². The molecule has 2 heteroatoms.